The Morgan fingerprint density at radius 1 is 0.879 bits per heavy atom. The Hall–Kier alpha value is -3.67. The minimum Gasteiger partial charge on any atom is -0.422 e. The number of esters is 1. The number of benzene rings is 4. The lowest BCUT2D eigenvalue weighted by Gasteiger charge is -2.11. The van der Waals surface area contributed by atoms with Crippen molar-refractivity contribution < 1.29 is 14.3 Å². The van der Waals surface area contributed by atoms with E-state index in [-0.39, 0.29) is 5.02 Å². The van der Waals surface area contributed by atoms with Crippen LogP contribution in [0.25, 0.3) is 10.8 Å². The average Bonchev–Trinajstić information content (AvgIpc) is 2.82. The second kappa shape index (κ2) is 9.86. The molecule has 0 radical (unpaired) electrons. The summed E-state index contributed by atoms with van der Waals surface area (Å²) in [7, 11) is 0. The third kappa shape index (κ3) is 5.22. The molecule has 0 bridgehead atoms. The number of hydrogen-bond donors (Lipinski definition) is 1. The summed E-state index contributed by atoms with van der Waals surface area (Å²) >= 11 is 11.9. The number of halogens is 2. The number of rotatable bonds is 5. The number of fused-ring (bicyclic) bond motifs is 1. The topological polar surface area (TPSA) is 67.8 Å². The molecule has 0 saturated heterocycles. The highest BCUT2D eigenvalue weighted by molar-refractivity contribution is 6.42. The van der Waals surface area contributed by atoms with Gasteiger partial charge in [-0.05, 0) is 54.1 Å². The summed E-state index contributed by atoms with van der Waals surface area (Å²) in [6.45, 7) is 1.94. The minimum atomic E-state index is -0.486. The van der Waals surface area contributed by atoms with Crippen molar-refractivity contribution >= 4 is 52.1 Å². The molecule has 1 amide bonds. The molecule has 1 N–H and O–H groups in total. The van der Waals surface area contributed by atoms with Gasteiger partial charge in [0.25, 0.3) is 5.91 Å². The number of amides is 1. The summed E-state index contributed by atoms with van der Waals surface area (Å²) < 4.78 is 5.68. The monoisotopic (exact) mass is 476 g/mol. The number of hydrogen-bond acceptors (Lipinski definition) is 4. The third-order valence-corrected chi connectivity index (χ3v) is 5.70. The molecule has 4 aromatic rings. The Morgan fingerprint density at radius 3 is 2.36 bits per heavy atom. The van der Waals surface area contributed by atoms with E-state index < -0.39 is 11.9 Å². The van der Waals surface area contributed by atoms with E-state index in [0.717, 1.165) is 16.3 Å². The van der Waals surface area contributed by atoms with E-state index in [1.54, 1.807) is 24.3 Å². The summed E-state index contributed by atoms with van der Waals surface area (Å²) in [5.74, 6) is -0.616. The van der Waals surface area contributed by atoms with Gasteiger partial charge in [0.05, 0.1) is 21.8 Å². The lowest BCUT2D eigenvalue weighted by molar-refractivity contribution is 0.0734. The Labute approximate surface area is 200 Å². The molecular weight excluding hydrogens is 459 g/mol. The molecule has 164 valence electrons. The Morgan fingerprint density at radius 2 is 1.61 bits per heavy atom. The summed E-state index contributed by atoms with van der Waals surface area (Å²) in [4.78, 5) is 25.1. The number of hydrazone groups is 1. The van der Waals surface area contributed by atoms with Crippen molar-refractivity contribution in [2.24, 2.45) is 5.10 Å². The van der Waals surface area contributed by atoms with Gasteiger partial charge in [-0.15, -0.1) is 0 Å². The van der Waals surface area contributed by atoms with Crippen LogP contribution < -0.4 is 10.2 Å². The SMILES string of the molecule is Cc1ccc(C(=O)Oc2ccc3ccccc3c2/C=N\NC(=O)c2ccc(Cl)c(Cl)c2)cc1. The van der Waals surface area contributed by atoms with Gasteiger partial charge in [-0.25, -0.2) is 10.2 Å². The van der Waals surface area contributed by atoms with E-state index in [9.17, 15) is 9.59 Å². The first-order chi connectivity index (χ1) is 15.9. The van der Waals surface area contributed by atoms with Gasteiger partial charge in [0.2, 0.25) is 0 Å². The zero-order valence-corrected chi connectivity index (χ0v) is 19.0. The number of aryl methyl sites for hydroxylation is 1. The van der Waals surface area contributed by atoms with Crippen LogP contribution in [0, 0.1) is 6.92 Å². The van der Waals surface area contributed by atoms with Crippen LogP contribution in [-0.2, 0) is 0 Å². The standard InChI is InChI=1S/C26H18Cl2N2O3/c1-16-6-8-18(9-7-16)26(32)33-24-13-11-17-4-2-3-5-20(17)21(24)15-29-30-25(31)19-10-12-22(27)23(28)14-19/h2-15H,1H3,(H,30,31)/b29-15-. The number of carbonyl (C=O) groups is 2. The second-order valence-corrected chi connectivity index (χ2v) is 8.10. The molecule has 0 saturated carbocycles. The van der Waals surface area contributed by atoms with Crippen molar-refractivity contribution in [1.29, 1.82) is 0 Å². The molecule has 0 aliphatic heterocycles. The van der Waals surface area contributed by atoms with Gasteiger partial charge in [-0.1, -0.05) is 71.2 Å². The van der Waals surface area contributed by atoms with Crippen LogP contribution in [0.5, 0.6) is 5.75 Å². The third-order valence-electron chi connectivity index (χ3n) is 4.96. The number of nitrogens with zero attached hydrogens (tertiary/aromatic N) is 1. The van der Waals surface area contributed by atoms with Crippen molar-refractivity contribution in [3.63, 3.8) is 0 Å². The maximum Gasteiger partial charge on any atom is 0.343 e. The molecule has 5 nitrogen and oxygen atoms in total. The zero-order valence-electron chi connectivity index (χ0n) is 17.5. The van der Waals surface area contributed by atoms with Crippen molar-refractivity contribution in [2.45, 2.75) is 6.92 Å². The van der Waals surface area contributed by atoms with Crippen LogP contribution in [0.1, 0.15) is 31.8 Å². The molecule has 0 spiro atoms. The van der Waals surface area contributed by atoms with E-state index in [1.807, 2.05) is 49.4 Å². The molecule has 0 atom stereocenters. The highest BCUT2D eigenvalue weighted by Crippen LogP contribution is 2.27. The number of ether oxygens (including phenoxy) is 1. The van der Waals surface area contributed by atoms with Crippen molar-refractivity contribution in [3.8, 4) is 5.75 Å². The quantitative estimate of drug-likeness (QED) is 0.156. The molecule has 4 aromatic carbocycles. The van der Waals surface area contributed by atoms with Gasteiger partial charge < -0.3 is 4.74 Å². The van der Waals surface area contributed by atoms with Gasteiger partial charge in [-0.2, -0.15) is 5.10 Å². The van der Waals surface area contributed by atoms with Gasteiger partial charge in [0, 0.05) is 11.1 Å². The van der Waals surface area contributed by atoms with Gasteiger partial charge in [-0.3, -0.25) is 4.79 Å². The minimum absolute atomic E-state index is 0.271. The molecule has 0 aliphatic rings. The maximum absolute atomic E-state index is 12.7. The molecule has 4 rings (SSSR count). The first-order valence-corrected chi connectivity index (χ1v) is 10.8. The smallest absolute Gasteiger partial charge is 0.343 e. The van der Waals surface area contributed by atoms with E-state index in [4.69, 9.17) is 27.9 Å². The van der Waals surface area contributed by atoms with Crippen LogP contribution in [0.2, 0.25) is 10.0 Å². The fraction of sp³-hybridized carbons (Fsp3) is 0.0385. The summed E-state index contributed by atoms with van der Waals surface area (Å²) in [6.07, 6.45) is 1.45. The Kier molecular flexibility index (Phi) is 6.73. The van der Waals surface area contributed by atoms with Crippen molar-refractivity contribution in [1.82, 2.24) is 5.43 Å². The fourth-order valence-electron chi connectivity index (χ4n) is 3.20. The van der Waals surface area contributed by atoms with Crippen LogP contribution in [0.15, 0.2) is 84.0 Å². The largest absolute Gasteiger partial charge is 0.422 e. The van der Waals surface area contributed by atoms with Gasteiger partial charge in [0.15, 0.2) is 0 Å². The van der Waals surface area contributed by atoms with Crippen LogP contribution in [-0.4, -0.2) is 18.1 Å². The lowest BCUT2D eigenvalue weighted by Crippen LogP contribution is -2.17. The first-order valence-electron chi connectivity index (χ1n) is 10.0. The zero-order chi connectivity index (χ0) is 23.4. The number of nitrogens with one attached hydrogen (secondary N) is 1. The number of carbonyl (C=O) groups excluding carboxylic acids is 2. The van der Waals surface area contributed by atoms with Crippen LogP contribution in [0.3, 0.4) is 0 Å². The van der Waals surface area contributed by atoms with E-state index in [1.165, 1.54) is 18.3 Å². The molecule has 33 heavy (non-hydrogen) atoms. The summed E-state index contributed by atoms with van der Waals surface area (Å²) in [6, 6.07) is 22.8. The molecule has 0 unspecified atom stereocenters. The summed E-state index contributed by atoms with van der Waals surface area (Å²) in [5, 5.41) is 6.46. The van der Waals surface area contributed by atoms with E-state index >= 15 is 0 Å². The van der Waals surface area contributed by atoms with Crippen molar-refractivity contribution in [3.05, 3.63) is 111 Å². The van der Waals surface area contributed by atoms with Gasteiger partial charge >= 0.3 is 5.97 Å². The molecule has 0 heterocycles. The van der Waals surface area contributed by atoms with E-state index in [0.29, 0.717) is 27.5 Å². The Balaban J connectivity index is 1.62. The molecule has 0 fully saturated rings. The normalized spacial score (nSPS) is 11.0. The maximum atomic E-state index is 12.7. The Bertz CT molecular complexity index is 1380. The summed E-state index contributed by atoms with van der Waals surface area (Å²) in [5.41, 5.74) is 4.81. The highest BCUT2D eigenvalue weighted by Gasteiger charge is 2.14. The molecule has 0 aromatic heterocycles. The van der Waals surface area contributed by atoms with Crippen LogP contribution in [0.4, 0.5) is 0 Å². The molecule has 7 heteroatoms. The van der Waals surface area contributed by atoms with Gasteiger partial charge in [0.1, 0.15) is 5.75 Å². The molecule has 0 aliphatic carbocycles. The fourth-order valence-corrected chi connectivity index (χ4v) is 3.50. The average molecular weight is 477 g/mol. The van der Waals surface area contributed by atoms with Crippen molar-refractivity contribution in [2.75, 3.05) is 0 Å². The second-order valence-electron chi connectivity index (χ2n) is 7.28. The van der Waals surface area contributed by atoms with Crippen LogP contribution >= 0.6 is 23.2 Å². The highest BCUT2D eigenvalue weighted by atomic mass is 35.5. The van der Waals surface area contributed by atoms with E-state index in [2.05, 4.69) is 10.5 Å². The lowest BCUT2D eigenvalue weighted by atomic mass is 10.0. The predicted molar refractivity (Wildman–Crippen MR) is 132 cm³/mol. The predicted octanol–water partition coefficient (Wildman–Crippen LogP) is 6.44. The first kappa shape index (κ1) is 22.5. The molecular formula is C26H18Cl2N2O3.